The molecule has 0 spiro atoms. The molecule has 21 heavy (non-hydrogen) atoms. The van der Waals surface area contributed by atoms with E-state index in [9.17, 15) is 17.8 Å². The number of carbonyl (C=O) groups excluding carboxylic acids is 1. The third-order valence-electron chi connectivity index (χ3n) is 3.07. The van der Waals surface area contributed by atoms with Crippen LogP contribution in [-0.2, 0) is 10.8 Å². The highest BCUT2D eigenvalue weighted by Gasteiger charge is 2.17. The maximum absolute atomic E-state index is 13.5. The van der Waals surface area contributed by atoms with Gasteiger partial charge < -0.3 is 0 Å². The van der Waals surface area contributed by atoms with Gasteiger partial charge in [-0.25, -0.2) is 8.78 Å². The van der Waals surface area contributed by atoms with Crippen molar-refractivity contribution in [2.75, 3.05) is 5.75 Å². The fourth-order valence-electron chi connectivity index (χ4n) is 2.04. The van der Waals surface area contributed by atoms with Gasteiger partial charge in [0.2, 0.25) is 0 Å². The molecule has 0 aliphatic heterocycles. The Morgan fingerprint density at radius 1 is 1.10 bits per heavy atom. The van der Waals surface area contributed by atoms with Gasteiger partial charge in [0.25, 0.3) is 0 Å². The van der Waals surface area contributed by atoms with E-state index in [0.29, 0.717) is 4.90 Å². The molecule has 0 saturated carbocycles. The van der Waals surface area contributed by atoms with Crippen LogP contribution in [0.3, 0.4) is 0 Å². The van der Waals surface area contributed by atoms with Crippen LogP contribution in [-0.4, -0.2) is 15.7 Å². The number of hydrogen-bond donors (Lipinski definition) is 0. The Hall–Kier alpha value is -1.88. The number of halogens is 2. The Morgan fingerprint density at radius 2 is 1.81 bits per heavy atom. The summed E-state index contributed by atoms with van der Waals surface area (Å²) in [4.78, 5) is 12.5. The van der Waals surface area contributed by atoms with Gasteiger partial charge in [0.05, 0.1) is 22.1 Å². The molecule has 0 fully saturated rings. The van der Waals surface area contributed by atoms with Gasteiger partial charge in [-0.2, -0.15) is 0 Å². The van der Waals surface area contributed by atoms with Crippen LogP contribution in [0.2, 0.25) is 0 Å². The fraction of sp³-hybridized carbons (Fsp3) is 0.188. The Morgan fingerprint density at radius 3 is 2.48 bits per heavy atom. The average molecular weight is 308 g/mol. The maximum Gasteiger partial charge on any atom is 0.178 e. The van der Waals surface area contributed by atoms with Gasteiger partial charge in [-0.05, 0) is 43.7 Å². The first-order valence-corrected chi connectivity index (χ1v) is 7.64. The van der Waals surface area contributed by atoms with E-state index in [4.69, 9.17) is 0 Å². The standard InChI is InChI=1S/C16H14F2O2S/c1-10-3-6-16(11(2)7-10)21(20)9-15(19)13-8-12(17)4-5-14(13)18/h3-8H,9H2,1-2H3. The highest BCUT2D eigenvalue weighted by molar-refractivity contribution is 7.85. The van der Waals surface area contributed by atoms with Gasteiger partial charge in [0.1, 0.15) is 11.6 Å². The fourth-order valence-corrected chi connectivity index (χ4v) is 3.23. The molecule has 5 heteroatoms. The molecule has 1 unspecified atom stereocenters. The van der Waals surface area contributed by atoms with E-state index in [1.165, 1.54) is 0 Å². The lowest BCUT2D eigenvalue weighted by molar-refractivity contribution is 0.101. The lowest BCUT2D eigenvalue weighted by Crippen LogP contribution is -2.13. The van der Waals surface area contributed by atoms with Gasteiger partial charge >= 0.3 is 0 Å². The summed E-state index contributed by atoms with van der Waals surface area (Å²) in [6, 6.07) is 8.01. The highest BCUT2D eigenvalue weighted by Crippen LogP contribution is 2.17. The molecule has 2 aromatic carbocycles. The van der Waals surface area contributed by atoms with Crippen LogP contribution < -0.4 is 0 Å². The molecule has 0 amide bonds. The first-order valence-electron chi connectivity index (χ1n) is 6.32. The molecule has 2 aromatic rings. The first kappa shape index (κ1) is 15.5. The zero-order valence-electron chi connectivity index (χ0n) is 11.7. The molecule has 0 aromatic heterocycles. The summed E-state index contributed by atoms with van der Waals surface area (Å²) in [7, 11) is -1.59. The van der Waals surface area contributed by atoms with Crippen LogP contribution in [0.4, 0.5) is 8.78 Å². The molecule has 0 N–H and O–H groups in total. The zero-order chi connectivity index (χ0) is 15.6. The van der Waals surface area contributed by atoms with E-state index < -0.39 is 28.2 Å². The smallest absolute Gasteiger partial charge is 0.178 e. The minimum atomic E-state index is -1.59. The molecule has 110 valence electrons. The Labute approximate surface area is 124 Å². The van der Waals surface area contributed by atoms with E-state index in [1.807, 2.05) is 13.0 Å². The van der Waals surface area contributed by atoms with Gasteiger partial charge in [-0.3, -0.25) is 9.00 Å². The molecule has 0 radical (unpaired) electrons. The van der Waals surface area contributed by atoms with Crippen molar-refractivity contribution in [3.05, 3.63) is 64.7 Å². The lowest BCUT2D eigenvalue weighted by Gasteiger charge is -2.07. The molecule has 2 rings (SSSR count). The van der Waals surface area contributed by atoms with Crippen LogP contribution >= 0.6 is 0 Å². The molecule has 0 aliphatic rings. The number of aryl methyl sites for hydroxylation is 2. The molecule has 0 aliphatic carbocycles. The van der Waals surface area contributed by atoms with Crippen molar-refractivity contribution in [3.63, 3.8) is 0 Å². The van der Waals surface area contributed by atoms with E-state index in [1.54, 1.807) is 19.1 Å². The first-order chi connectivity index (χ1) is 9.88. The Bertz CT molecular complexity index is 726. The molecule has 0 heterocycles. The molecule has 1 atom stereocenters. The van der Waals surface area contributed by atoms with Crippen LogP contribution in [0.1, 0.15) is 21.5 Å². The summed E-state index contributed by atoms with van der Waals surface area (Å²) in [6.07, 6.45) is 0. The molecule has 0 saturated heterocycles. The number of benzene rings is 2. The minimum absolute atomic E-state index is 0.367. The third-order valence-corrected chi connectivity index (χ3v) is 4.54. The third kappa shape index (κ3) is 3.61. The second kappa shape index (κ2) is 6.26. The van der Waals surface area contributed by atoms with Crippen LogP contribution in [0.15, 0.2) is 41.3 Å². The zero-order valence-corrected chi connectivity index (χ0v) is 12.5. The number of ketones is 1. The summed E-state index contributed by atoms with van der Waals surface area (Å²) in [6.45, 7) is 3.71. The summed E-state index contributed by atoms with van der Waals surface area (Å²) < 4.78 is 38.8. The number of carbonyl (C=O) groups is 1. The molecule has 0 bridgehead atoms. The summed E-state index contributed by atoms with van der Waals surface area (Å²) in [5.74, 6) is -2.55. The largest absolute Gasteiger partial charge is 0.293 e. The molecule has 2 nitrogen and oxygen atoms in total. The van der Waals surface area contributed by atoms with Crippen molar-refractivity contribution in [1.82, 2.24) is 0 Å². The minimum Gasteiger partial charge on any atom is -0.293 e. The van der Waals surface area contributed by atoms with E-state index in [-0.39, 0.29) is 11.3 Å². The van der Waals surface area contributed by atoms with E-state index >= 15 is 0 Å². The van der Waals surface area contributed by atoms with Gasteiger partial charge in [0.15, 0.2) is 5.78 Å². The number of rotatable bonds is 4. The second-order valence-corrected chi connectivity index (χ2v) is 6.23. The summed E-state index contributed by atoms with van der Waals surface area (Å²) >= 11 is 0. The summed E-state index contributed by atoms with van der Waals surface area (Å²) in [5, 5.41) is 0. The average Bonchev–Trinajstić information content (AvgIpc) is 2.41. The predicted octanol–water partition coefficient (Wildman–Crippen LogP) is 3.57. The topological polar surface area (TPSA) is 34.1 Å². The van der Waals surface area contributed by atoms with E-state index in [0.717, 1.165) is 29.3 Å². The second-order valence-electron chi connectivity index (χ2n) is 4.81. The van der Waals surface area contributed by atoms with Crippen LogP contribution in [0.25, 0.3) is 0 Å². The Balaban J connectivity index is 2.23. The van der Waals surface area contributed by atoms with Gasteiger partial charge in [-0.1, -0.05) is 17.7 Å². The quantitative estimate of drug-likeness (QED) is 0.809. The van der Waals surface area contributed by atoms with E-state index in [2.05, 4.69) is 0 Å². The molecular formula is C16H14F2O2S. The monoisotopic (exact) mass is 308 g/mol. The number of hydrogen-bond acceptors (Lipinski definition) is 2. The van der Waals surface area contributed by atoms with Crippen molar-refractivity contribution in [2.24, 2.45) is 0 Å². The van der Waals surface area contributed by atoms with Crippen molar-refractivity contribution in [3.8, 4) is 0 Å². The van der Waals surface area contributed by atoms with Gasteiger partial charge in [0, 0.05) is 4.90 Å². The maximum atomic E-state index is 13.5. The van der Waals surface area contributed by atoms with Crippen molar-refractivity contribution >= 4 is 16.6 Å². The van der Waals surface area contributed by atoms with Crippen LogP contribution in [0.5, 0.6) is 0 Å². The van der Waals surface area contributed by atoms with Crippen molar-refractivity contribution < 1.29 is 17.8 Å². The Kier molecular flexibility index (Phi) is 4.63. The normalized spacial score (nSPS) is 12.2. The predicted molar refractivity (Wildman–Crippen MR) is 77.9 cm³/mol. The lowest BCUT2D eigenvalue weighted by atomic mass is 10.1. The van der Waals surface area contributed by atoms with Gasteiger partial charge in [-0.15, -0.1) is 0 Å². The SMILES string of the molecule is Cc1ccc(S(=O)CC(=O)c2cc(F)ccc2F)c(C)c1. The van der Waals surface area contributed by atoms with Crippen LogP contribution in [0, 0.1) is 25.5 Å². The van der Waals surface area contributed by atoms with Crippen molar-refractivity contribution in [1.29, 1.82) is 0 Å². The highest BCUT2D eigenvalue weighted by atomic mass is 32.2. The number of Topliss-reactive ketones (excluding diaryl/α,β-unsaturated/α-hetero) is 1. The van der Waals surface area contributed by atoms with Crippen molar-refractivity contribution in [2.45, 2.75) is 18.7 Å². The summed E-state index contributed by atoms with van der Waals surface area (Å²) in [5.41, 5.74) is 1.46. The molecular weight excluding hydrogens is 294 g/mol.